The third kappa shape index (κ3) is 2.97. The number of anilines is 1. The summed E-state index contributed by atoms with van der Waals surface area (Å²) < 4.78 is 13.2. The Kier molecular flexibility index (Phi) is 4.63. The quantitative estimate of drug-likeness (QED) is 0.457. The third-order valence-electron chi connectivity index (χ3n) is 4.20. The minimum atomic E-state index is -1.21. The van der Waals surface area contributed by atoms with Crippen LogP contribution in [0.25, 0.3) is 11.2 Å². The number of hydrogen-bond donors (Lipinski definition) is 4. The normalized spacial score (nSPS) is 25.8. The fourth-order valence-electron chi connectivity index (χ4n) is 2.89. The van der Waals surface area contributed by atoms with Crippen LogP contribution in [0.5, 0.6) is 0 Å². The van der Waals surface area contributed by atoms with Crippen LogP contribution in [0.1, 0.15) is 12.0 Å². The number of aliphatic hydroxyl groups excluding tert-OH is 3. The largest absolute Gasteiger partial charge is 0.466 e. The molecule has 1 aliphatic heterocycles. The minimum absolute atomic E-state index is 0.401. The predicted octanol–water partition coefficient (Wildman–Crippen LogP) is 0.405. The number of aliphatic hydroxyl groups is 3. The second-order valence-corrected chi connectivity index (χ2v) is 6.78. The topological polar surface area (TPSA) is 139 Å². The van der Waals surface area contributed by atoms with Crippen molar-refractivity contribution < 1.29 is 24.5 Å². The molecule has 11 heteroatoms. The standard InChI is InChI=1S/C15H16BrN5O5/c16-7-1-8(25-4-7)2-17-13-10-14(19-5-18-13)21(6-20-10)15-12(24)11(23)9(3-22)26-15/h1,4-6,9,11-12,15,22-24H,2-3H2,(H,17,18,19)/t9-,11-,12+,15?/m1/s1. The average Bonchev–Trinajstić information content (AvgIpc) is 3.32. The maximum Gasteiger partial charge on any atom is 0.167 e. The highest BCUT2D eigenvalue weighted by molar-refractivity contribution is 9.10. The molecule has 4 rings (SSSR count). The highest BCUT2D eigenvalue weighted by Gasteiger charge is 2.44. The Morgan fingerprint density at radius 2 is 2.08 bits per heavy atom. The van der Waals surface area contributed by atoms with Gasteiger partial charge in [0, 0.05) is 0 Å². The van der Waals surface area contributed by atoms with Gasteiger partial charge >= 0.3 is 0 Å². The van der Waals surface area contributed by atoms with Crippen molar-refractivity contribution in [1.29, 1.82) is 0 Å². The summed E-state index contributed by atoms with van der Waals surface area (Å²) in [5.41, 5.74) is 0.911. The van der Waals surface area contributed by atoms with Crippen molar-refractivity contribution in [2.24, 2.45) is 0 Å². The first-order valence-corrected chi connectivity index (χ1v) is 8.64. The first kappa shape index (κ1) is 17.4. The molecule has 3 aromatic rings. The first-order chi connectivity index (χ1) is 12.6. The Morgan fingerprint density at radius 3 is 2.77 bits per heavy atom. The maximum absolute atomic E-state index is 10.2. The molecule has 0 saturated carbocycles. The van der Waals surface area contributed by atoms with Crippen LogP contribution in [-0.2, 0) is 11.3 Å². The molecule has 0 bridgehead atoms. The zero-order valence-corrected chi connectivity index (χ0v) is 14.9. The van der Waals surface area contributed by atoms with Gasteiger partial charge in [-0.3, -0.25) is 4.57 Å². The van der Waals surface area contributed by atoms with Crippen molar-refractivity contribution >= 4 is 32.9 Å². The molecule has 0 aromatic carbocycles. The van der Waals surface area contributed by atoms with Gasteiger partial charge in [0.15, 0.2) is 23.2 Å². The second-order valence-electron chi connectivity index (χ2n) is 5.86. The van der Waals surface area contributed by atoms with Gasteiger partial charge in [-0.05, 0) is 22.0 Å². The highest BCUT2D eigenvalue weighted by atomic mass is 79.9. The van der Waals surface area contributed by atoms with Gasteiger partial charge in [0.25, 0.3) is 0 Å². The summed E-state index contributed by atoms with van der Waals surface area (Å²) in [4.78, 5) is 12.7. The highest BCUT2D eigenvalue weighted by Crippen LogP contribution is 2.32. The fourth-order valence-corrected chi connectivity index (χ4v) is 3.24. The van der Waals surface area contributed by atoms with E-state index in [9.17, 15) is 15.3 Å². The van der Waals surface area contributed by atoms with Gasteiger partial charge in [-0.1, -0.05) is 0 Å². The smallest absolute Gasteiger partial charge is 0.167 e. The molecule has 0 spiro atoms. The van der Waals surface area contributed by atoms with Gasteiger partial charge in [-0.15, -0.1) is 0 Å². The molecular weight excluding hydrogens is 410 g/mol. The third-order valence-corrected chi connectivity index (χ3v) is 4.62. The van der Waals surface area contributed by atoms with Crippen molar-refractivity contribution in [1.82, 2.24) is 19.5 Å². The molecule has 0 radical (unpaired) electrons. The number of hydrogen-bond acceptors (Lipinski definition) is 9. The van der Waals surface area contributed by atoms with E-state index >= 15 is 0 Å². The lowest BCUT2D eigenvalue weighted by molar-refractivity contribution is -0.0511. The second kappa shape index (κ2) is 6.93. The molecule has 0 amide bonds. The molecule has 4 heterocycles. The van der Waals surface area contributed by atoms with E-state index in [1.165, 1.54) is 17.2 Å². The van der Waals surface area contributed by atoms with Crippen LogP contribution in [0.3, 0.4) is 0 Å². The number of rotatable bonds is 5. The Labute approximate surface area is 155 Å². The molecule has 1 unspecified atom stereocenters. The molecule has 26 heavy (non-hydrogen) atoms. The summed E-state index contributed by atoms with van der Waals surface area (Å²) in [7, 11) is 0. The summed E-state index contributed by atoms with van der Waals surface area (Å²) in [6.07, 6.45) is 0.218. The molecule has 1 saturated heterocycles. The van der Waals surface area contributed by atoms with E-state index in [4.69, 9.17) is 9.15 Å². The van der Waals surface area contributed by atoms with Crippen LogP contribution in [0.15, 0.2) is 33.9 Å². The molecule has 4 N–H and O–H groups in total. The summed E-state index contributed by atoms with van der Waals surface area (Å²) in [5.74, 6) is 1.21. The average molecular weight is 426 g/mol. The van der Waals surface area contributed by atoms with Crippen molar-refractivity contribution in [2.45, 2.75) is 31.1 Å². The van der Waals surface area contributed by atoms with Crippen LogP contribution < -0.4 is 5.32 Å². The van der Waals surface area contributed by atoms with E-state index in [1.54, 1.807) is 6.26 Å². The lowest BCUT2D eigenvalue weighted by atomic mass is 10.1. The van der Waals surface area contributed by atoms with E-state index in [0.29, 0.717) is 29.3 Å². The monoisotopic (exact) mass is 425 g/mol. The zero-order chi connectivity index (χ0) is 18.3. The predicted molar refractivity (Wildman–Crippen MR) is 92.1 cm³/mol. The zero-order valence-electron chi connectivity index (χ0n) is 13.4. The molecule has 3 aromatic heterocycles. The van der Waals surface area contributed by atoms with Crippen molar-refractivity contribution in [2.75, 3.05) is 11.9 Å². The van der Waals surface area contributed by atoms with Gasteiger partial charge in [-0.25, -0.2) is 15.0 Å². The summed E-state index contributed by atoms with van der Waals surface area (Å²) >= 11 is 3.32. The lowest BCUT2D eigenvalue weighted by Crippen LogP contribution is -2.33. The molecular formula is C15H16BrN5O5. The van der Waals surface area contributed by atoms with E-state index in [1.807, 2.05) is 6.07 Å². The number of imidazole rings is 1. The number of fused-ring (bicyclic) bond motifs is 1. The minimum Gasteiger partial charge on any atom is -0.466 e. The molecule has 1 fully saturated rings. The van der Waals surface area contributed by atoms with E-state index in [2.05, 4.69) is 36.2 Å². The van der Waals surface area contributed by atoms with Gasteiger partial charge in [-0.2, -0.15) is 0 Å². The Balaban J connectivity index is 1.61. The maximum atomic E-state index is 10.2. The molecule has 4 atom stereocenters. The molecule has 1 aliphatic rings. The number of nitrogens with zero attached hydrogens (tertiary/aromatic N) is 4. The summed E-state index contributed by atoms with van der Waals surface area (Å²) in [5, 5.41) is 32.5. The first-order valence-electron chi connectivity index (χ1n) is 7.85. The number of furan rings is 1. The molecule has 138 valence electrons. The van der Waals surface area contributed by atoms with Gasteiger partial charge < -0.3 is 29.8 Å². The van der Waals surface area contributed by atoms with Gasteiger partial charge in [0.1, 0.15) is 36.7 Å². The van der Waals surface area contributed by atoms with Gasteiger partial charge in [0.05, 0.1) is 24.0 Å². The number of aromatic nitrogens is 4. The van der Waals surface area contributed by atoms with Crippen LogP contribution in [-0.4, -0.2) is 59.8 Å². The van der Waals surface area contributed by atoms with E-state index < -0.39 is 31.1 Å². The van der Waals surface area contributed by atoms with Crippen molar-refractivity contribution in [3.63, 3.8) is 0 Å². The number of nitrogens with one attached hydrogen (secondary N) is 1. The van der Waals surface area contributed by atoms with E-state index in [-0.39, 0.29) is 0 Å². The number of ether oxygens (including phenoxy) is 1. The number of halogens is 1. The van der Waals surface area contributed by atoms with Crippen LogP contribution in [0, 0.1) is 0 Å². The van der Waals surface area contributed by atoms with Crippen molar-refractivity contribution in [3.8, 4) is 0 Å². The van der Waals surface area contributed by atoms with Crippen molar-refractivity contribution in [3.05, 3.63) is 35.2 Å². The van der Waals surface area contributed by atoms with Gasteiger partial charge in [0.2, 0.25) is 0 Å². The summed E-state index contributed by atoms with van der Waals surface area (Å²) in [6.45, 7) is 0.000278. The Hall–Kier alpha value is -2.05. The van der Waals surface area contributed by atoms with Crippen LogP contribution >= 0.6 is 15.9 Å². The fraction of sp³-hybridized carbons (Fsp3) is 0.400. The van der Waals surface area contributed by atoms with E-state index in [0.717, 1.165) is 4.47 Å². The molecule has 0 aliphatic carbocycles. The lowest BCUT2D eigenvalue weighted by Gasteiger charge is -2.16. The molecule has 10 nitrogen and oxygen atoms in total. The Morgan fingerprint density at radius 1 is 1.23 bits per heavy atom. The van der Waals surface area contributed by atoms with Crippen LogP contribution in [0.4, 0.5) is 5.82 Å². The summed E-state index contributed by atoms with van der Waals surface area (Å²) in [6, 6.07) is 1.84. The SMILES string of the molecule is OC[C@H]1OC(n2cnc3c(NCc4cc(Br)co4)ncnc32)[C@@H](O)[C@@H]1O. The van der Waals surface area contributed by atoms with Crippen LogP contribution in [0.2, 0.25) is 0 Å². The Bertz CT molecular complexity index is 915.